The molecule has 3 heterocycles. The van der Waals surface area contributed by atoms with Crippen molar-refractivity contribution in [1.82, 2.24) is 9.97 Å². The van der Waals surface area contributed by atoms with Gasteiger partial charge in [-0.05, 0) is 60.2 Å². The Morgan fingerprint density at radius 3 is 2.19 bits per heavy atom. The highest BCUT2D eigenvalue weighted by Crippen LogP contribution is 2.45. The standard InChI is InChI=1S/C38H28N4O5/c1-37(39,23-13-17-40-18-14-23)46-28-8-4-6-22-10-12-26(34(43)30(22)28)32-35(44)31(36(32)45)25-11-9-21-5-3-7-27-29(21)33(25)42-38(2,47-27)24-15-19-41-20-16-24/h3-20,43-44H,39H2,1-2H3. The Bertz CT molecular complexity index is 2440. The molecule has 230 valence electrons. The van der Waals surface area contributed by atoms with Crippen molar-refractivity contribution in [3.63, 3.8) is 0 Å². The highest BCUT2D eigenvalue weighted by atomic mass is 16.5. The zero-order chi connectivity index (χ0) is 32.5. The summed E-state index contributed by atoms with van der Waals surface area (Å²) in [7, 11) is 0. The van der Waals surface area contributed by atoms with Gasteiger partial charge in [-0.2, -0.15) is 0 Å². The number of aliphatic hydroxyl groups is 1. The summed E-state index contributed by atoms with van der Waals surface area (Å²) in [6.07, 6.45) is 6.59. The van der Waals surface area contributed by atoms with Crippen molar-refractivity contribution in [1.29, 1.82) is 0 Å². The van der Waals surface area contributed by atoms with Gasteiger partial charge in [0.2, 0.25) is 11.5 Å². The lowest BCUT2D eigenvalue weighted by Crippen LogP contribution is -2.42. The van der Waals surface area contributed by atoms with Gasteiger partial charge in [-0.25, -0.2) is 4.99 Å². The minimum absolute atomic E-state index is 0.00313. The molecule has 9 nitrogen and oxygen atoms in total. The topological polar surface area (TPSA) is 140 Å². The number of phenolic OH excluding ortho intramolecular Hbond substituents is 1. The van der Waals surface area contributed by atoms with E-state index >= 15 is 0 Å². The van der Waals surface area contributed by atoms with Gasteiger partial charge in [0, 0.05) is 59.0 Å². The molecule has 2 atom stereocenters. The number of rotatable bonds is 5. The van der Waals surface area contributed by atoms with E-state index in [0.29, 0.717) is 38.4 Å². The second-order valence-corrected chi connectivity index (χ2v) is 11.9. The summed E-state index contributed by atoms with van der Waals surface area (Å²) in [6.45, 7) is 3.56. The minimum atomic E-state index is -1.25. The van der Waals surface area contributed by atoms with Crippen LogP contribution in [-0.4, -0.2) is 26.0 Å². The zero-order valence-electron chi connectivity index (χ0n) is 25.4. The van der Waals surface area contributed by atoms with Crippen LogP contribution in [0.1, 0.15) is 30.5 Å². The van der Waals surface area contributed by atoms with Gasteiger partial charge in [0.25, 0.3) is 0 Å². The number of aromatic nitrogens is 2. The molecule has 1 aliphatic heterocycles. The van der Waals surface area contributed by atoms with E-state index < -0.39 is 17.2 Å². The second-order valence-electron chi connectivity index (χ2n) is 11.9. The molecule has 0 saturated carbocycles. The smallest absolute Gasteiger partial charge is 0.224 e. The Morgan fingerprint density at radius 1 is 0.809 bits per heavy atom. The first-order valence-corrected chi connectivity index (χ1v) is 15.0. The quantitative estimate of drug-likeness (QED) is 0.221. The van der Waals surface area contributed by atoms with E-state index in [1.54, 1.807) is 74.2 Å². The number of Topliss-reactive ketones (excluding diaryl/α,β-unsaturated/α-hetero) is 1. The number of aliphatic hydroxyl groups excluding tert-OH is 1. The van der Waals surface area contributed by atoms with Gasteiger partial charge in [-0.3, -0.25) is 20.5 Å². The van der Waals surface area contributed by atoms with Crippen LogP contribution >= 0.6 is 0 Å². The van der Waals surface area contributed by atoms with E-state index in [-0.39, 0.29) is 28.2 Å². The molecule has 8 rings (SSSR count). The van der Waals surface area contributed by atoms with Crippen LogP contribution in [0.4, 0.5) is 0 Å². The number of phenols is 1. The molecule has 6 aromatic rings. The molecule has 2 aromatic heterocycles. The van der Waals surface area contributed by atoms with Crippen molar-refractivity contribution >= 4 is 38.5 Å². The fourth-order valence-corrected chi connectivity index (χ4v) is 6.45. The number of ketones is 1. The summed E-state index contributed by atoms with van der Waals surface area (Å²) in [5, 5.41) is 26.8. The van der Waals surface area contributed by atoms with Crippen LogP contribution < -0.4 is 25.8 Å². The average Bonchev–Trinajstić information content (AvgIpc) is 3.08. The first kappa shape index (κ1) is 28.4. The van der Waals surface area contributed by atoms with Crippen molar-refractivity contribution in [2.75, 3.05) is 0 Å². The number of benzene rings is 4. The third-order valence-corrected chi connectivity index (χ3v) is 8.85. The number of aromatic hydroxyl groups is 1. The summed E-state index contributed by atoms with van der Waals surface area (Å²) in [6, 6.07) is 25.3. The second kappa shape index (κ2) is 10.2. The van der Waals surface area contributed by atoms with Crippen LogP contribution in [0, 0.1) is 0 Å². The number of allylic oxidation sites excluding steroid dienone is 2. The van der Waals surface area contributed by atoms with Gasteiger partial charge < -0.3 is 19.7 Å². The lowest BCUT2D eigenvalue weighted by atomic mass is 9.81. The normalized spacial score (nSPS) is 19.5. The number of pyridine rings is 2. The number of carbonyl (C=O) groups excluding carboxylic acids is 1. The van der Waals surface area contributed by atoms with Crippen LogP contribution in [0.25, 0.3) is 32.7 Å². The first-order chi connectivity index (χ1) is 22.7. The SMILES string of the molecule is CC(N)(Oc1cccc2ccc(C3=C(O)C(=c4ccc5cccc6c5c4=NC(C)(c4ccncc4)O6)C3=O)c(O)c12)c1ccncc1. The molecule has 0 fully saturated rings. The Labute approximate surface area is 268 Å². The van der Waals surface area contributed by atoms with Crippen molar-refractivity contribution in [3.05, 3.63) is 143 Å². The van der Waals surface area contributed by atoms with Gasteiger partial charge in [0.1, 0.15) is 23.0 Å². The maximum Gasteiger partial charge on any atom is 0.224 e. The Hall–Kier alpha value is -6.06. The number of hydrogen-bond donors (Lipinski definition) is 3. The van der Waals surface area contributed by atoms with E-state index in [2.05, 4.69) is 9.97 Å². The van der Waals surface area contributed by atoms with Crippen molar-refractivity contribution in [3.8, 4) is 17.2 Å². The minimum Gasteiger partial charge on any atom is -0.507 e. The number of nitrogens with zero attached hydrogens (tertiary/aromatic N) is 3. The van der Waals surface area contributed by atoms with Crippen LogP contribution in [0.3, 0.4) is 0 Å². The van der Waals surface area contributed by atoms with Crippen LogP contribution in [0.2, 0.25) is 0 Å². The molecule has 2 aliphatic rings. The van der Waals surface area contributed by atoms with Crippen molar-refractivity contribution in [2.24, 2.45) is 10.7 Å². The summed E-state index contributed by atoms with van der Waals surface area (Å²) < 4.78 is 12.7. The predicted molar refractivity (Wildman–Crippen MR) is 177 cm³/mol. The van der Waals surface area contributed by atoms with E-state index in [4.69, 9.17) is 20.2 Å². The van der Waals surface area contributed by atoms with Crippen LogP contribution in [-0.2, 0) is 16.2 Å². The number of fused-ring (bicyclic) bond motifs is 1. The van der Waals surface area contributed by atoms with Crippen molar-refractivity contribution < 1.29 is 24.5 Å². The molecule has 9 heteroatoms. The van der Waals surface area contributed by atoms with E-state index in [0.717, 1.165) is 16.3 Å². The zero-order valence-corrected chi connectivity index (χ0v) is 25.4. The van der Waals surface area contributed by atoms with Gasteiger partial charge in [0.15, 0.2) is 5.72 Å². The Morgan fingerprint density at radius 2 is 1.47 bits per heavy atom. The molecular formula is C38H28N4O5. The molecule has 47 heavy (non-hydrogen) atoms. The third-order valence-electron chi connectivity index (χ3n) is 8.85. The van der Waals surface area contributed by atoms with Crippen LogP contribution in [0.15, 0.2) is 120 Å². The van der Waals surface area contributed by atoms with E-state index in [9.17, 15) is 15.0 Å². The number of nitrogens with two attached hydrogens (primary N) is 1. The lowest BCUT2D eigenvalue weighted by Gasteiger charge is -2.31. The van der Waals surface area contributed by atoms with Crippen LogP contribution in [0.5, 0.6) is 17.2 Å². The predicted octanol–water partition coefficient (Wildman–Crippen LogP) is 5.29. The summed E-state index contributed by atoms with van der Waals surface area (Å²) >= 11 is 0. The van der Waals surface area contributed by atoms with Gasteiger partial charge in [-0.15, -0.1) is 0 Å². The molecule has 0 spiro atoms. The van der Waals surface area contributed by atoms with Gasteiger partial charge in [0.05, 0.1) is 21.9 Å². The Kier molecular flexibility index (Phi) is 6.19. The first-order valence-electron chi connectivity index (χ1n) is 15.0. The van der Waals surface area contributed by atoms with E-state index in [1.807, 2.05) is 49.4 Å². The third kappa shape index (κ3) is 4.35. The van der Waals surface area contributed by atoms with Gasteiger partial charge in [-0.1, -0.05) is 42.5 Å². The maximum absolute atomic E-state index is 14.0. The monoisotopic (exact) mass is 620 g/mol. The number of carbonyl (C=O) groups is 1. The highest BCUT2D eigenvalue weighted by Gasteiger charge is 2.39. The molecule has 0 bridgehead atoms. The molecule has 4 aromatic carbocycles. The molecule has 0 amide bonds. The fourth-order valence-electron chi connectivity index (χ4n) is 6.45. The molecule has 0 radical (unpaired) electrons. The largest absolute Gasteiger partial charge is 0.507 e. The number of hydrogen-bond acceptors (Lipinski definition) is 9. The maximum atomic E-state index is 14.0. The van der Waals surface area contributed by atoms with Gasteiger partial charge >= 0.3 is 0 Å². The summed E-state index contributed by atoms with van der Waals surface area (Å²) in [5.41, 5.74) is 5.98. The lowest BCUT2D eigenvalue weighted by molar-refractivity contribution is -0.110. The Balaban J connectivity index is 1.31. The molecule has 4 N–H and O–H groups in total. The van der Waals surface area contributed by atoms with E-state index in [1.165, 1.54) is 0 Å². The molecule has 1 aliphatic carbocycles. The number of ether oxygens (including phenoxy) is 2. The molecule has 0 saturated heterocycles. The summed E-state index contributed by atoms with van der Waals surface area (Å²) in [4.78, 5) is 27.2. The van der Waals surface area contributed by atoms with Crippen molar-refractivity contribution in [2.45, 2.75) is 25.3 Å². The molecule has 2 unspecified atom stereocenters. The highest BCUT2D eigenvalue weighted by molar-refractivity contribution is 6.52. The average molecular weight is 621 g/mol. The summed E-state index contributed by atoms with van der Waals surface area (Å²) in [5.74, 6) is 0.0758. The fraction of sp³-hybridized carbons (Fsp3) is 0.105. The molecular weight excluding hydrogens is 592 g/mol.